The van der Waals surface area contributed by atoms with E-state index >= 15 is 0 Å². The van der Waals surface area contributed by atoms with Gasteiger partial charge in [-0.15, -0.1) is 5.73 Å². The summed E-state index contributed by atoms with van der Waals surface area (Å²) in [6, 6.07) is 0. The van der Waals surface area contributed by atoms with E-state index in [1.54, 1.807) is 0 Å². The van der Waals surface area contributed by atoms with Crippen molar-refractivity contribution in [3.63, 3.8) is 0 Å². The maximum absolute atomic E-state index is 8.71. The average Bonchev–Trinajstić information content (AvgIpc) is 1.99. The van der Waals surface area contributed by atoms with Gasteiger partial charge in [0.1, 0.15) is 0 Å². The maximum atomic E-state index is 8.71. The molecular weight excluding hydrogens is 124 g/mol. The second-order valence-electron chi connectivity index (χ2n) is 2.25. The van der Waals surface area contributed by atoms with Gasteiger partial charge in [0.2, 0.25) is 0 Å². The zero-order chi connectivity index (χ0) is 7.82. The van der Waals surface area contributed by atoms with E-state index in [0.717, 1.165) is 24.8 Å². The van der Waals surface area contributed by atoms with E-state index in [1.165, 1.54) is 0 Å². The summed E-state index contributed by atoms with van der Waals surface area (Å²) in [7, 11) is 0. The highest BCUT2D eigenvalue weighted by Crippen LogP contribution is 1.96. The molecule has 0 saturated carbocycles. The Morgan fingerprint density at radius 1 is 1.50 bits per heavy atom. The van der Waals surface area contributed by atoms with Crippen LogP contribution in [0.1, 0.15) is 33.1 Å². The summed E-state index contributed by atoms with van der Waals surface area (Å²) >= 11 is 0. The van der Waals surface area contributed by atoms with E-state index in [-0.39, 0.29) is 6.61 Å². The predicted molar refractivity (Wildman–Crippen MR) is 43.9 cm³/mol. The molecule has 58 valence electrons. The molecule has 0 aliphatic carbocycles. The zero-order valence-electron chi connectivity index (χ0n) is 6.85. The van der Waals surface area contributed by atoms with Gasteiger partial charge in [-0.3, -0.25) is 0 Å². The van der Waals surface area contributed by atoms with E-state index in [2.05, 4.69) is 12.7 Å². The van der Waals surface area contributed by atoms with Crippen LogP contribution in [0, 0.1) is 0 Å². The quantitative estimate of drug-likeness (QED) is 0.594. The molecule has 0 atom stereocenters. The zero-order valence-corrected chi connectivity index (χ0v) is 6.85. The fourth-order valence-electron chi connectivity index (χ4n) is 0.620. The van der Waals surface area contributed by atoms with Crippen LogP contribution in [-0.2, 0) is 0 Å². The summed E-state index contributed by atoms with van der Waals surface area (Å²) in [6.07, 6.45) is 5.10. The van der Waals surface area contributed by atoms with Crippen LogP contribution in [0.15, 0.2) is 17.4 Å². The third-order valence-electron chi connectivity index (χ3n) is 1.36. The Labute approximate surface area is 63.1 Å². The lowest BCUT2D eigenvalue weighted by Gasteiger charge is -1.90. The number of hydrogen-bond acceptors (Lipinski definition) is 1. The first-order valence-corrected chi connectivity index (χ1v) is 3.88. The summed E-state index contributed by atoms with van der Waals surface area (Å²) < 4.78 is 0. The van der Waals surface area contributed by atoms with E-state index in [9.17, 15) is 0 Å². The van der Waals surface area contributed by atoms with Gasteiger partial charge in [0.25, 0.3) is 0 Å². The Hall–Kier alpha value is -0.520. The summed E-state index contributed by atoms with van der Waals surface area (Å²) in [6.45, 7) is 4.30. The van der Waals surface area contributed by atoms with Crippen molar-refractivity contribution >= 4 is 0 Å². The van der Waals surface area contributed by atoms with Crippen molar-refractivity contribution in [3.8, 4) is 0 Å². The second-order valence-corrected chi connectivity index (χ2v) is 2.25. The highest BCUT2D eigenvalue weighted by Gasteiger charge is 1.85. The van der Waals surface area contributed by atoms with Crippen molar-refractivity contribution < 1.29 is 5.11 Å². The molecule has 1 nitrogen and oxygen atoms in total. The molecule has 0 saturated heterocycles. The molecule has 0 spiro atoms. The molecule has 0 aromatic heterocycles. The maximum Gasteiger partial charge on any atom is 0.0715 e. The molecular formula is C9H16O. The Balaban J connectivity index is 3.82. The number of aliphatic hydroxyl groups is 1. The fraction of sp³-hybridized carbons (Fsp3) is 0.667. The average molecular weight is 140 g/mol. The van der Waals surface area contributed by atoms with E-state index in [4.69, 9.17) is 5.11 Å². The molecule has 10 heavy (non-hydrogen) atoms. The van der Waals surface area contributed by atoms with Gasteiger partial charge in [-0.1, -0.05) is 20.3 Å². The summed E-state index contributed by atoms with van der Waals surface area (Å²) in [5.74, 6) is 0. The van der Waals surface area contributed by atoms with Gasteiger partial charge in [0.05, 0.1) is 6.61 Å². The molecule has 0 amide bonds. The number of rotatable bonds is 4. The minimum atomic E-state index is 0.150. The third-order valence-corrected chi connectivity index (χ3v) is 1.36. The van der Waals surface area contributed by atoms with Crippen molar-refractivity contribution in [1.82, 2.24) is 0 Å². The van der Waals surface area contributed by atoms with Crippen molar-refractivity contribution in [1.29, 1.82) is 0 Å². The lowest BCUT2D eigenvalue weighted by Crippen LogP contribution is -1.84. The largest absolute Gasteiger partial charge is 0.391 e. The fourth-order valence-corrected chi connectivity index (χ4v) is 0.620. The first-order valence-electron chi connectivity index (χ1n) is 3.88. The van der Waals surface area contributed by atoms with Crippen molar-refractivity contribution in [2.45, 2.75) is 33.1 Å². The van der Waals surface area contributed by atoms with Crippen molar-refractivity contribution in [3.05, 3.63) is 17.4 Å². The van der Waals surface area contributed by atoms with Gasteiger partial charge in [0, 0.05) is 0 Å². The van der Waals surface area contributed by atoms with Gasteiger partial charge < -0.3 is 5.11 Å². The topological polar surface area (TPSA) is 20.2 Å². The van der Waals surface area contributed by atoms with Crippen LogP contribution in [0.3, 0.4) is 0 Å². The highest BCUT2D eigenvalue weighted by atomic mass is 16.3. The van der Waals surface area contributed by atoms with Crippen LogP contribution in [-0.4, -0.2) is 11.7 Å². The Morgan fingerprint density at radius 3 is 2.60 bits per heavy atom. The second kappa shape index (κ2) is 6.60. The monoisotopic (exact) mass is 140 g/mol. The number of hydrogen-bond donors (Lipinski definition) is 1. The molecule has 1 N–H and O–H groups in total. The van der Waals surface area contributed by atoms with E-state index < -0.39 is 0 Å². The normalized spacial score (nSPS) is 8.70. The molecule has 0 aliphatic heterocycles. The molecule has 0 radical (unpaired) electrons. The lowest BCUT2D eigenvalue weighted by molar-refractivity contribution is 0.328. The molecule has 0 heterocycles. The van der Waals surface area contributed by atoms with E-state index in [1.807, 2.05) is 13.0 Å². The van der Waals surface area contributed by atoms with Crippen LogP contribution in [0.5, 0.6) is 0 Å². The molecule has 0 aromatic carbocycles. The van der Waals surface area contributed by atoms with E-state index in [0.29, 0.717) is 0 Å². The molecule has 0 fully saturated rings. The predicted octanol–water partition coefficient (Wildman–Crippen LogP) is 2.27. The van der Waals surface area contributed by atoms with Crippen LogP contribution < -0.4 is 0 Å². The summed E-state index contributed by atoms with van der Waals surface area (Å²) in [5.41, 5.74) is 4.06. The molecule has 1 heteroatoms. The smallest absolute Gasteiger partial charge is 0.0715 e. The molecule has 0 rings (SSSR count). The highest BCUT2D eigenvalue weighted by molar-refractivity contribution is 5.00. The van der Waals surface area contributed by atoms with Gasteiger partial charge in [-0.2, -0.15) is 0 Å². The first-order chi connectivity index (χ1) is 4.85. The molecule has 0 aromatic rings. The molecule has 0 aliphatic rings. The standard InChI is InChI=1S/C9H16O/c1-3-5-6-7-9(4-2)8-10/h6,10H,3-5,8H2,1-2H3. The van der Waals surface area contributed by atoms with Crippen LogP contribution >= 0.6 is 0 Å². The van der Waals surface area contributed by atoms with Crippen molar-refractivity contribution in [2.75, 3.05) is 6.61 Å². The van der Waals surface area contributed by atoms with Gasteiger partial charge >= 0.3 is 0 Å². The van der Waals surface area contributed by atoms with Crippen LogP contribution in [0.4, 0.5) is 0 Å². The minimum Gasteiger partial charge on any atom is -0.391 e. The lowest BCUT2D eigenvalue weighted by atomic mass is 10.2. The van der Waals surface area contributed by atoms with Crippen molar-refractivity contribution in [2.24, 2.45) is 0 Å². The number of aliphatic hydroxyl groups excluding tert-OH is 1. The van der Waals surface area contributed by atoms with Gasteiger partial charge in [-0.25, -0.2) is 0 Å². The minimum absolute atomic E-state index is 0.150. The Kier molecular flexibility index (Phi) is 6.25. The SMILES string of the molecule is CCCC=C=C(CC)CO. The van der Waals surface area contributed by atoms with Gasteiger partial charge in [0.15, 0.2) is 0 Å². The van der Waals surface area contributed by atoms with Crippen LogP contribution in [0.25, 0.3) is 0 Å². The summed E-state index contributed by atoms with van der Waals surface area (Å²) in [4.78, 5) is 0. The Bertz CT molecular complexity index is 124. The molecule has 0 bridgehead atoms. The summed E-state index contributed by atoms with van der Waals surface area (Å²) in [5, 5.41) is 8.71. The Morgan fingerprint density at radius 2 is 2.20 bits per heavy atom. The van der Waals surface area contributed by atoms with Gasteiger partial charge in [-0.05, 0) is 24.5 Å². The van der Waals surface area contributed by atoms with Crippen LogP contribution in [0.2, 0.25) is 0 Å². The first kappa shape index (κ1) is 9.48. The molecule has 0 unspecified atom stereocenters. The third kappa shape index (κ3) is 4.37. The number of unbranched alkanes of at least 4 members (excludes halogenated alkanes) is 1.